The van der Waals surface area contributed by atoms with Crippen molar-refractivity contribution < 1.29 is 5.11 Å². The van der Waals surface area contributed by atoms with E-state index in [4.69, 9.17) is 0 Å². The van der Waals surface area contributed by atoms with E-state index in [1.165, 1.54) is 41.3 Å². The molecule has 0 bridgehead atoms. The van der Waals surface area contributed by atoms with Gasteiger partial charge in [-0.1, -0.05) is 54.6 Å². The Balaban J connectivity index is 1.59. The number of likely N-dealkylation sites (tertiary alicyclic amines) is 1. The summed E-state index contributed by atoms with van der Waals surface area (Å²) < 4.78 is 0. The highest BCUT2D eigenvalue weighted by molar-refractivity contribution is 5.87. The van der Waals surface area contributed by atoms with E-state index in [1.807, 2.05) is 12.1 Å². The van der Waals surface area contributed by atoms with E-state index in [0.29, 0.717) is 11.7 Å². The summed E-state index contributed by atoms with van der Waals surface area (Å²) in [5.74, 6) is 0.889. The van der Waals surface area contributed by atoms with Crippen LogP contribution in [0.3, 0.4) is 0 Å². The summed E-state index contributed by atoms with van der Waals surface area (Å²) in [7, 11) is 0. The van der Waals surface area contributed by atoms with Crippen LogP contribution in [0.25, 0.3) is 10.8 Å². The molecule has 1 heterocycles. The summed E-state index contributed by atoms with van der Waals surface area (Å²) in [5.41, 5.74) is 2.76. The fourth-order valence-corrected chi connectivity index (χ4v) is 3.94. The minimum absolute atomic E-state index is 0.354. The van der Waals surface area contributed by atoms with Gasteiger partial charge in [0.2, 0.25) is 0 Å². The van der Waals surface area contributed by atoms with Crippen molar-refractivity contribution in [2.24, 2.45) is 0 Å². The number of phenols is 1. The Bertz CT molecular complexity index is 828. The maximum Gasteiger partial charge on any atom is 0.116 e. The van der Waals surface area contributed by atoms with E-state index in [0.717, 1.165) is 13.1 Å². The maximum absolute atomic E-state index is 9.89. The molecule has 1 saturated heterocycles. The van der Waals surface area contributed by atoms with Gasteiger partial charge in [0.25, 0.3) is 0 Å². The van der Waals surface area contributed by atoms with E-state index < -0.39 is 0 Å². The first-order chi connectivity index (χ1) is 11.8. The van der Waals surface area contributed by atoms with Gasteiger partial charge < -0.3 is 5.11 Å². The molecular weight excluding hydrogens is 294 g/mol. The van der Waals surface area contributed by atoms with Crippen LogP contribution in [0.15, 0.2) is 66.7 Å². The molecule has 1 aliphatic rings. The molecule has 1 fully saturated rings. The zero-order chi connectivity index (χ0) is 16.4. The van der Waals surface area contributed by atoms with Crippen LogP contribution in [0.4, 0.5) is 0 Å². The van der Waals surface area contributed by atoms with Gasteiger partial charge in [-0.25, -0.2) is 0 Å². The average Bonchev–Trinajstić information content (AvgIpc) is 2.62. The first kappa shape index (κ1) is 15.2. The first-order valence-corrected chi connectivity index (χ1v) is 8.77. The zero-order valence-corrected chi connectivity index (χ0v) is 13.9. The van der Waals surface area contributed by atoms with Crippen molar-refractivity contribution in [1.29, 1.82) is 0 Å². The number of rotatable bonds is 3. The summed E-state index contributed by atoms with van der Waals surface area (Å²) in [6, 6.07) is 22.9. The lowest BCUT2D eigenvalue weighted by atomic mass is 9.87. The Labute approximate surface area is 143 Å². The summed E-state index contributed by atoms with van der Waals surface area (Å²) in [6.07, 6.45) is 2.45. The molecule has 2 heteroatoms. The number of hydrogen-bond donors (Lipinski definition) is 1. The van der Waals surface area contributed by atoms with Crippen LogP contribution in [-0.2, 0) is 6.54 Å². The molecule has 3 aromatic rings. The van der Waals surface area contributed by atoms with Crippen LogP contribution in [0.5, 0.6) is 5.75 Å². The highest BCUT2D eigenvalue weighted by atomic mass is 16.3. The lowest BCUT2D eigenvalue weighted by Crippen LogP contribution is -2.33. The Kier molecular flexibility index (Phi) is 4.22. The molecule has 1 atom stereocenters. The highest BCUT2D eigenvalue weighted by Crippen LogP contribution is 2.34. The zero-order valence-electron chi connectivity index (χ0n) is 13.9. The predicted molar refractivity (Wildman–Crippen MR) is 99.3 cm³/mol. The van der Waals surface area contributed by atoms with Gasteiger partial charge in [0.05, 0.1) is 0 Å². The summed E-state index contributed by atoms with van der Waals surface area (Å²) in [4.78, 5) is 2.56. The second-order valence-corrected chi connectivity index (χ2v) is 6.81. The highest BCUT2D eigenvalue weighted by Gasteiger charge is 2.22. The molecule has 1 N–H and O–H groups in total. The van der Waals surface area contributed by atoms with E-state index in [9.17, 15) is 5.11 Å². The number of benzene rings is 3. The van der Waals surface area contributed by atoms with Crippen molar-refractivity contribution in [2.75, 3.05) is 13.1 Å². The molecule has 0 unspecified atom stereocenters. The average molecular weight is 317 g/mol. The molecule has 0 aromatic heterocycles. The van der Waals surface area contributed by atoms with Crippen molar-refractivity contribution in [3.05, 3.63) is 77.9 Å². The standard InChI is InChI=1S/C22H23NO/c24-20-12-11-18-8-4-10-21(22(18)14-20)19-9-5-13-23(16-19)15-17-6-2-1-3-7-17/h1-4,6-8,10-12,14,19,24H,5,9,13,15-16H2/t19-/m1/s1. The molecule has 0 aliphatic carbocycles. The molecule has 0 spiro atoms. The Hall–Kier alpha value is -2.32. The van der Waals surface area contributed by atoms with E-state index in [1.54, 1.807) is 6.07 Å². The molecule has 2 nitrogen and oxygen atoms in total. The Morgan fingerprint density at radius 3 is 2.71 bits per heavy atom. The van der Waals surface area contributed by atoms with Crippen molar-refractivity contribution >= 4 is 10.8 Å². The van der Waals surface area contributed by atoms with Gasteiger partial charge in [0.1, 0.15) is 5.75 Å². The number of aromatic hydroxyl groups is 1. The van der Waals surface area contributed by atoms with Crippen molar-refractivity contribution in [1.82, 2.24) is 4.90 Å². The predicted octanol–water partition coefficient (Wildman–Crippen LogP) is 4.93. The van der Waals surface area contributed by atoms with E-state index in [-0.39, 0.29) is 0 Å². The maximum atomic E-state index is 9.89. The number of phenolic OH excluding ortho intramolecular Hbond substituents is 1. The molecule has 1 aliphatic heterocycles. The third kappa shape index (κ3) is 3.15. The SMILES string of the molecule is Oc1ccc2cccc([C@@H]3CCCN(Cc4ccccc4)C3)c2c1. The topological polar surface area (TPSA) is 23.5 Å². The summed E-state index contributed by atoms with van der Waals surface area (Å²) in [6.45, 7) is 3.28. The van der Waals surface area contributed by atoms with Gasteiger partial charge in [-0.15, -0.1) is 0 Å². The molecular formula is C22H23NO. The van der Waals surface area contributed by atoms with Gasteiger partial charge in [-0.3, -0.25) is 4.90 Å². The monoisotopic (exact) mass is 317 g/mol. The van der Waals surface area contributed by atoms with Crippen LogP contribution in [0.1, 0.15) is 29.9 Å². The fraction of sp³-hybridized carbons (Fsp3) is 0.273. The largest absolute Gasteiger partial charge is 0.508 e. The van der Waals surface area contributed by atoms with Gasteiger partial charge in [-0.2, -0.15) is 0 Å². The molecule has 0 saturated carbocycles. The molecule has 0 amide bonds. The second kappa shape index (κ2) is 6.66. The smallest absolute Gasteiger partial charge is 0.116 e. The number of nitrogens with zero attached hydrogens (tertiary/aromatic N) is 1. The first-order valence-electron chi connectivity index (χ1n) is 8.77. The Morgan fingerprint density at radius 2 is 1.83 bits per heavy atom. The minimum Gasteiger partial charge on any atom is -0.508 e. The molecule has 24 heavy (non-hydrogen) atoms. The Morgan fingerprint density at radius 1 is 0.958 bits per heavy atom. The van der Waals surface area contributed by atoms with Crippen LogP contribution in [0.2, 0.25) is 0 Å². The normalized spacial score (nSPS) is 18.8. The van der Waals surface area contributed by atoms with Gasteiger partial charge in [0.15, 0.2) is 0 Å². The van der Waals surface area contributed by atoms with Crippen molar-refractivity contribution in [3.8, 4) is 5.75 Å². The number of fused-ring (bicyclic) bond motifs is 1. The molecule has 0 radical (unpaired) electrons. The van der Waals surface area contributed by atoms with Crippen molar-refractivity contribution in [3.63, 3.8) is 0 Å². The number of piperidine rings is 1. The van der Waals surface area contributed by atoms with Gasteiger partial charge in [0, 0.05) is 13.1 Å². The quantitative estimate of drug-likeness (QED) is 0.741. The molecule has 3 aromatic carbocycles. The van der Waals surface area contributed by atoms with Crippen LogP contribution in [0, 0.1) is 0 Å². The third-order valence-corrected chi connectivity index (χ3v) is 5.09. The summed E-state index contributed by atoms with van der Waals surface area (Å²) >= 11 is 0. The summed E-state index contributed by atoms with van der Waals surface area (Å²) in [5, 5.41) is 12.3. The fourth-order valence-electron chi connectivity index (χ4n) is 3.94. The van der Waals surface area contributed by atoms with Crippen LogP contribution >= 0.6 is 0 Å². The molecule has 4 rings (SSSR count). The number of hydrogen-bond acceptors (Lipinski definition) is 2. The van der Waals surface area contributed by atoms with Gasteiger partial charge in [-0.05, 0) is 59.3 Å². The third-order valence-electron chi connectivity index (χ3n) is 5.09. The molecule has 122 valence electrons. The van der Waals surface area contributed by atoms with Crippen LogP contribution in [-0.4, -0.2) is 23.1 Å². The minimum atomic E-state index is 0.354. The van der Waals surface area contributed by atoms with Gasteiger partial charge >= 0.3 is 0 Å². The lowest BCUT2D eigenvalue weighted by Gasteiger charge is -2.33. The second-order valence-electron chi connectivity index (χ2n) is 6.81. The van der Waals surface area contributed by atoms with E-state index >= 15 is 0 Å². The van der Waals surface area contributed by atoms with Crippen molar-refractivity contribution in [2.45, 2.75) is 25.3 Å². The van der Waals surface area contributed by atoms with E-state index in [2.05, 4.69) is 53.4 Å². The lowest BCUT2D eigenvalue weighted by molar-refractivity contribution is 0.201. The van der Waals surface area contributed by atoms with Crippen LogP contribution < -0.4 is 0 Å².